The van der Waals surface area contributed by atoms with Crippen LogP contribution in [0.1, 0.15) is 70.6 Å². The Bertz CT molecular complexity index is 296. The molecule has 110 valence electrons. The van der Waals surface area contributed by atoms with Crippen LogP contribution in [0.2, 0.25) is 0 Å². The highest BCUT2D eigenvalue weighted by Gasteiger charge is 2.44. The molecule has 3 fully saturated rings. The van der Waals surface area contributed by atoms with Crippen LogP contribution in [0.4, 0.5) is 0 Å². The van der Waals surface area contributed by atoms with Gasteiger partial charge in [-0.25, -0.2) is 0 Å². The minimum absolute atomic E-state index is 0.00165. The molecule has 2 bridgehead atoms. The van der Waals surface area contributed by atoms with Gasteiger partial charge in [0.05, 0.1) is 5.60 Å². The molecule has 0 aromatic heterocycles. The molecule has 3 rings (SSSR count). The molecule has 0 spiro atoms. The van der Waals surface area contributed by atoms with E-state index >= 15 is 0 Å². The molecule has 3 aliphatic carbocycles. The molecule has 0 heterocycles. The Morgan fingerprint density at radius 3 is 2.37 bits per heavy atom. The van der Waals surface area contributed by atoms with E-state index in [-0.39, 0.29) is 11.6 Å². The molecule has 2 heteroatoms. The zero-order valence-electron chi connectivity index (χ0n) is 12.6. The van der Waals surface area contributed by atoms with Crippen molar-refractivity contribution in [2.45, 2.75) is 82.3 Å². The van der Waals surface area contributed by atoms with Gasteiger partial charge in [-0.3, -0.25) is 0 Å². The van der Waals surface area contributed by atoms with E-state index in [0.717, 1.165) is 17.8 Å². The lowest BCUT2D eigenvalue weighted by atomic mass is 9.77. The van der Waals surface area contributed by atoms with Gasteiger partial charge in [0.2, 0.25) is 0 Å². The molecule has 19 heavy (non-hydrogen) atoms. The Labute approximate surface area is 118 Å². The average Bonchev–Trinajstić information content (AvgIpc) is 2.94. The zero-order valence-corrected chi connectivity index (χ0v) is 12.6. The molecule has 0 aromatic rings. The fourth-order valence-electron chi connectivity index (χ4n) is 5.26. The van der Waals surface area contributed by atoms with Crippen molar-refractivity contribution < 1.29 is 4.74 Å². The molecular formula is C17H31NO. The van der Waals surface area contributed by atoms with Crippen molar-refractivity contribution in [1.29, 1.82) is 0 Å². The third kappa shape index (κ3) is 2.71. The lowest BCUT2D eigenvalue weighted by Crippen LogP contribution is -2.50. The van der Waals surface area contributed by atoms with Gasteiger partial charge < -0.3 is 10.5 Å². The topological polar surface area (TPSA) is 35.2 Å². The monoisotopic (exact) mass is 265 g/mol. The van der Waals surface area contributed by atoms with Crippen molar-refractivity contribution in [3.8, 4) is 0 Å². The third-order valence-electron chi connectivity index (χ3n) is 6.47. The summed E-state index contributed by atoms with van der Waals surface area (Å²) in [5.74, 6) is 2.94. The number of ether oxygens (including phenoxy) is 1. The Morgan fingerprint density at radius 1 is 1.11 bits per heavy atom. The van der Waals surface area contributed by atoms with Crippen molar-refractivity contribution in [3.63, 3.8) is 0 Å². The van der Waals surface area contributed by atoms with Crippen molar-refractivity contribution in [2.24, 2.45) is 23.5 Å². The summed E-state index contributed by atoms with van der Waals surface area (Å²) in [7, 11) is 1.89. The van der Waals surface area contributed by atoms with E-state index in [0.29, 0.717) is 0 Å². The molecule has 3 aliphatic rings. The van der Waals surface area contributed by atoms with Gasteiger partial charge in [-0.05, 0) is 56.3 Å². The summed E-state index contributed by atoms with van der Waals surface area (Å²) >= 11 is 0. The number of fused-ring (bicyclic) bond motifs is 2. The predicted octanol–water partition coefficient (Wildman–Crippen LogP) is 3.88. The normalized spacial score (nSPS) is 39.2. The first-order chi connectivity index (χ1) is 9.23. The molecule has 4 atom stereocenters. The number of methoxy groups -OCH3 is 1. The van der Waals surface area contributed by atoms with Crippen LogP contribution >= 0.6 is 0 Å². The second kappa shape index (κ2) is 5.73. The summed E-state index contributed by atoms with van der Waals surface area (Å²) in [6.07, 6.45) is 14.9. The average molecular weight is 265 g/mol. The second-order valence-corrected chi connectivity index (χ2v) is 7.46. The van der Waals surface area contributed by atoms with E-state index in [2.05, 4.69) is 0 Å². The lowest BCUT2D eigenvalue weighted by Gasteiger charge is -2.39. The Morgan fingerprint density at radius 2 is 1.84 bits per heavy atom. The summed E-state index contributed by atoms with van der Waals surface area (Å²) in [4.78, 5) is 0. The first kappa shape index (κ1) is 13.9. The quantitative estimate of drug-likeness (QED) is 0.783. The molecule has 0 saturated heterocycles. The van der Waals surface area contributed by atoms with Gasteiger partial charge in [0.1, 0.15) is 0 Å². The van der Waals surface area contributed by atoms with Crippen molar-refractivity contribution >= 4 is 0 Å². The van der Waals surface area contributed by atoms with Crippen LogP contribution in [0, 0.1) is 17.8 Å². The van der Waals surface area contributed by atoms with Crippen LogP contribution in [0.3, 0.4) is 0 Å². The van der Waals surface area contributed by atoms with Crippen LogP contribution in [0.5, 0.6) is 0 Å². The van der Waals surface area contributed by atoms with Crippen LogP contribution in [-0.4, -0.2) is 18.8 Å². The van der Waals surface area contributed by atoms with Gasteiger partial charge in [0.25, 0.3) is 0 Å². The van der Waals surface area contributed by atoms with Gasteiger partial charge in [-0.1, -0.05) is 32.1 Å². The minimum atomic E-state index is -0.00165. The van der Waals surface area contributed by atoms with Gasteiger partial charge in [-0.15, -0.1) is 0 Å². The van der Waals surface area contributed by atoms with Crippen LogP contribution in [-0.2, 0) is 4.74 Å². The van der Waals surface area contributed by atoms with E-state index < -0.39 is 0 Å². The SMILES string of the molecule is COC1(C(N)CC2CC3CCC2C3)CCCCCC1. The van der Waals surface area contributed by atoms with Gasteiger partial charge >= 0.3 is 0 Å². The first-order valence-electron chi connectivity index (χ1n) is 8.54. The third-order valence-corrected chi connectivity index (χ3v) is 6.47. The number of rotatable bonds is 4. The van der Waals surface area contributed by atoms with Crippen molar-refractivity contribution in [3.05, 3.63) is 0 Å². The van der Waals surface area contributed by atoms with Crippen LogP contribution in [0.15, 0.2) is 0 Å². The fourth-order valence-corrected chi connectivity index (χ4v) is 5.26. The fraction of sp³-hybridized carbons (Fsp3) is 1.00. The molecule has 3 saturated carbocycles. The summed E-state index contributed by atoms with van der Waals surface area (Å²) in [6.45, 7) is 0. The Balaban J connectivity index is 1.62. The molecular weight excluding hydrogens is 234 g/mol. The lowest BCUT2D eigenvalue weighted by molar-refractivity contribution is -0.0498. The molecule has 2 N–H and O–H groups in total. The largest absolute Gasteiger partial charge is 0.377 e. The molecule has 4 unspecified atom stereocenters. The van der Waals surface area contributed by atoms with E-state index in [9.17, 15) is 0 Å². The van der Waals surface area contributed by atoms with Gasteiger partial charge in [0, 0.05) is 13.2 Å². The maximum Gasteiger partial charge on any atom is 0.0828 e. The Kier molecular flexibility index (Phi) is 4.19. The van der Waals surface area contributed by atoms with Crippen LogP contribution < -0.4 is 5.73 Å². The summed E-state index contributed by atoms with van der Waals surface area (Å²) in [5, 5.41) is 0. The summed E-state index contributed by atoms with van der Waals surface area (Å²) in [5.41, 5.74) is 6.65. The number of hydrogen-bond acceptors (Lipinski definition) is 2. The maximum absolute atomic E-state index is 6.65. The molecule has 2 nitrogen and oxygen atoms in total. The molecule has 0 radical (unpaired) electrons. The highest BCUT2D eigenvalue weighted by atomic mass is 16.5. The van der Waals surface area contributed by atoms with Gasteiger partial charge in [0.15, 0.2) is 0 Å². The Hall–Kier alpha value is -0.0800. The highest BCUT2D eigenvalue weighted by molar-refractivity contribution is 4.98. The molecule has 0 aromatic carbocycles. The molecule has 0 aliphatic heterocycles. The first-order valence-corrected chi connectivity index (χ1v) is 8.54. The second-order valence-electron chi connectivity index (χ2n) is 7.46. The predicted molar refractivity (Wildman–Crippen MR) is 79.0 cm³/mol. The van der Waals surface area contributed by atoms with Crippen molar-refractivity contribution in [1.82, 2.24) is 0 Å². The standard InChI is InChI=1S/C17H31NO/c1-19-17(8-4-2-3-5-9-17)16(18)12-15-11-13-6-7-14(15)10-13/h13-16H,2-12,18H2,1H3. The van der Waals surface area contributed by atoms with Crippen LogP contribution in [0.25, 0.3) is 0 Å². The minimum Gasteiger partial charge on any atom is -0.377 e. The smallest absolute Gasteiger partial charge is 0.0828 e. The van der Waals surface area contributed by atoms with E-state index in [1.165, 1.54) is 70.6 Å². The van der Waals surface area contributed by atoms with E-state index in [1.54, 1.807) is 0 Å². The van der Waals surface area contributed by atoms with E-state index in [4.69, 9.17) is 10.5 Å². The molecule has 0 amide bonds. The highest BCUT2D eigenvalue weighted by Crippen LogP contribution is 2.50. The summed E-state index contributed by atoms with van der Waals surface area (Å²) < 4.78 is 5.99. The number of nitrogens with two attached hydrogens (primary N) is 1. The van der Waals surface area contributed by atoms with Gasteiger partial charge in [-0.2, -0.15) is 0 Å². The van der Waals surface area contributed by atoms with Crippen molar-refractivity contribution in [2.75, 3.05) is 7.11 Å². The summed E-state index contributed by atoms with van der Waals surface area (Å²) in [6, 6.07) is 0.264. The maximum atomic E-state index is 6.65. The zero-order chi connectivity index (χ0) is 13.3. The number of hydrogen-bond donors (Lipinski definition) is 1. The van der Waals surface area contributed by atoms with E-state index in [1.807, 2.05) is 7.11 Å².